The van der Waals surface area contributed by atoms with Crippen LogP contribution in [0.25, 0.3) is 0 Å². The van der Waals surface area contributed by atoms with E-state index in [2.05, 4.69) is 137 Å². The predicted molar refractivity (Wildman–Crippen MR) is 146 cm³/mol. The number of aryl methyl sites for hydroxylation is 1. The van der Waals surface area contributed by atoms with E-state index in [4.69, 9.17) is 4.43 Å². The average molecular weight is 539 g/mol. The van der Waals surface area contributed by atoms with Crippen molar-refractivity contribution in [1.29, 1.82) is 0 Å². The van der Waals surface area contributed by atoms with E-state index in [0.717, 1.165) is 12.8 Å². The smallest absolute Gasteiger partial charge is 0.192 e. The van der Waals surface area contributed by atoms with Gasteiger partial charge in [0, 0.05) is 5.92 Å². The van der Waals surface area contributed by atoms with Gasteiger partial charge in [-0.25, -0.2) is 0 Å². The number of hydrogen-bond donors (Lipinski definition) is 0. The van der Waals surface area contributed by atoms with Crippen molar-refractivity contribution in [3.63, 3.8) is 0 Å². The molecule has 3 heteroatoms. The van der Waals surface area contributed by atoms with Crippen molar-refractivity contribution < 1.29 is 4.43 Å². The standard InChI is InChI=1S/C27H43IOSi/c1-21(15-16-25-13-11-10-12-14-25)19-23(3)26(24(4)20-22(2)17-18-28)29-30(8,9)27(5,6)7/h10-14,17-21,24,26H,15-16H2,1-9H3/b18-17-,22-20+,23-19+/t21-,24+,26-/m0/s1. The first-order valence-corrected chi connectivity index (χ1v) is 15.4. The first-order chi connectivity index (χ1) is 13.9. The summed E-state index contributed by atoms with van der Waals surface area (Å²) in [6, 6.07) is 10.8. The summed E-state index contributed by atoms with van der Waals surface area (Å²) in [4.78, 5) is 0. The highest BCUT2D eigenvalue weighted by Gasteiger charge is 2.40. The lowest BCUT2D eigenvalue weighted by Gasteiger charge is -2.41. The van der Waals surface area contributed by atoms with Gasteiger partial charge in [-0.3, -0.25) is 0 Å². The monoisotopic (exact) mass is 538 g/mol. The highest BCUT2D eigenvalue weighted by Crippen LogP contribution is 2.39. The van der Waals surface area contributed by atoms with E-state index in [1.165, 1.54) is 16.7 Å². The van der Waals surface area contributed by atoms with Crippen LogP contribution in [0.4, 0.5) is 0 Å². The largest absolute Gasteiger partial charge is 0.410 e. The Balaban J connectivity index is 3.05. The molecule has 0 aliphatic carbocycles. The van der Waals surface area contributed by atoms with Crippen LogP contribution in [0.1, 0.15) is 60.5 Å². The van der Waals surface area contributed by atoms with Crippen LogP contribution in [-0.4, -0.2) is 14.4 Å². The Kier molecular flexibility index (Phi) is 11.3. The summed E-state index contributed by atoms with van der Waals surface area (Å²) in [5, 5.41) is 0.199. The Labute approximate surface area is 201 Å². The minimum Gasteiger partial charge on any atom is -0.410 e. The van der Waals surface area contributed by atoms with Gasteiger partial charge in [0.05, 0.1) is 6.10 Å². The maximum Gasteiger partial charge on any atom is 0.192 e. The van der Waals surface area contributed by atoms with Crippen LogP contribution in [0.5, 0.6) is 0 Å². The van der Waals surface area contributed by atoms with Gasteiger partial charge in [-0.15, -0.1) is 0 Å². The van der Waals surface area contributed by atoms with Crippen LogP contribution in [-0.2, 0) is 10.8 Å². The van der Waals surface area contributed by atoms with Gasteiger partial charge in [0.2, 0.25) is 0 Å². The van der Waals surface area contributed by atoms with Gasteiger partial charge in [-0.2, -0.15) is 0 Å². The second-order valence-electron chi connectivity index (χ2n) is 10.3. The number of rotatable bonds is 10. The van der Waals surface area contributed by atoms with Gasteiger partial charge in [0.15, 0.2) is 8.32 Å². The number of allylic oxidation sites excluding steroid dienone is 3. The fourth-order valence-electron chi connectivity index (χ4n) is 3.43. The Morgan fingerprint density at radius 3 is 2.20 bits per heavy atom. The summed E-state index contributed by atoms with van der Waals surface area (Å²) in [6.07, 6.45) is 9.39. The maximum absolute atomic E-state index is 6.97. The van der Waals surface area contributed by atoms with Gasteiger partial charge in [-0.1, -0.05) is 111 Å². The van der Waals surface area contributed by atoms with Crippen LogP contribution in [0, 0.1) is 11.8 Å². The Bertz CT molecular complexity index is 725. The third-order valence-corrected chi connectivity index (χ3v) is 11.1. The predicted octanol–water partition coefficient (Wildman–Crippen LogP) is 9.12. The second kappa shape index (κ2) is 12.4. The van der Waals surface area contributed by atoms with Gasteiger partial charge in [0.25, 0.3) is 0 Å². The molecule has 168 valence electrons. The van der Waals surface area contributed by atoms with Crippen molar-refractivity contribution in [3.05, 3.63) is 69.4 Å². The first-order valence-electron chi connectivity index (χ1n) is 11.2. The minimum absolute atomic E-state index is 0.127. The third kappa shape index (κ3) is 9.23. The Hall–Kier alpha value is -0.653. The summed E-state index contributed by atoms with van der Waals surface area (Å²) in [5.74, 6) is 0.867. The lowest BCUT2D eigenvalue weighted by molar-refractivity contribution is 0.177. The molecule has 0 aliphatic rings. The molecule has 30 heavy (non-hydrogen) atoms. The Morgan fingerprint density at radius 1 is 1.07 bits per heavy atom. The molecule has 0 saturated heterocycles. The van der Waals surface area contributed by atoms with E-state index in [9.17, 15) is 0 Å². The molecule has 1 nitrogen and oxygen atoms in total. The quantitative estimate of drug-likeness (QED) is 0.125. The number of hydrogen-bond acceptors (Lipinski definition) is 1. The lowest BCUT2D eigenvalue weighted by atomic mass is 9.92. The van der Waals surface area contributed by atoms with Crippen LogP contribution in [0.3, 0.4) is 0 Å². The normalized spacial score (nSPS) is 17.3. The summed E-state index contributed by atoms with van der Waals surface area (Å²) in [6.45, 7) is 20.8. The first kappa shape index (κ1) is 27.4. The topological polar surface area (TPSA) is 9.23 Å². The zero-order chi connectivity index (χ0) is 22.9. The molecule has 0 fully saturated rings. The van der Waals surface area contributed by atoms with Crippen molar-refractivity contribution in [1.82, 2.24) is 0 Å². The van der Waals surface area contributed by atoms with E-state index in [1.807, 2.05) is 0 Å². The van der Waals surface area contributed by atoms with Crippen molar-refractivity contribution in [2.75, 3.05) is 0 Å². The molecule has 0 spiro atoms. The van der Waals surface area contributed by atoms with Crippen LogP contribution >= 0.6 is 22.6 Å². The summed E-state index contributed by atoms with van der Waals surface area (Å²) < 4.78 is 9.05. The van der Waals surface area contributed by atoms with Crippen molar-refractivity contribution in [3.8, 4) is 0 Å². The molecule has 1 rings (SSSR count). The Morgan fingerprint density at radius 2 is 1.67 bits per heavy atom. The fourth-order valence-corrected chi connectivity index (χ4v) is 5.39. The molecule has 0 unspecified atom stereocenters. The molecular weight excluding hydrogens is 495 g/mol. The molecular formula is C27H43IOSi. The maximum atomic E-state index is 6.97. The second-order valence-corrected chi connectivity index (χ2v) is 15.7. The number of halogens is 1. The highest BCUT2D eigenvalue weighted by atomic mass is 127. The fraction of sp³-hybridized carbons (Fsp3) is 0.556. The summed E-state index contributed by atoms with van der Waals surface area (Å²) in [7, 11) is -1.87. The molecule has 0 aromatic heterocycles. The van der Waals surface area contributed by atoms with Crippen molar-refractivity contribution >= 4 is 30.9 Å². The summed E-state index contributed by atoms with van der Waals surface area (Å²) >= 11 is 2.29. The molecule has 3 atom stereocenters. The zero-order valence-corrected chi connectivity index (χ0v) is 23.8. The van der Waals surface area contributed by atoms with E-state index in [0.29, 0.717) is 11.8 Å². The zero-order valence-electron chi connectivity index (χ0n) is 20.6. The van der Waals surface area contributed by atoms with Crippen LogP contribution in [0.15, 0.2) is 63.8 Å². The highest BCUT2D eigenvalue weighted by molar-refractivity contribution is 14.1. The molecule has 0 aliphatic heterocycles. The molecule has 0 N–H and O–H groups in total. The molecule has 0 saturated carbocycles. The lowest BCUT2D eigenvalue weighted by Crippen LogP contribution is -2.45. The van der Waals surface area contributed by atoms with Gasteiger partial charge >= 0.3 is 0 Å². The van der Waals surface area contributed by atoms with Gasteiger partial charge in [0.1, 0.15) is 0 Å². The van der Waals surface area contributed by atoms with E-state index in [-0.39, 0.29) is 11.1 Å². The molecule has 1 aromatic rings. The van der Waals surface area contributed by atoms with E-state index < -0.39 is 8.32 Å². The molecule has 1 aromatic carbocycles. The molecule has 0 amide bonds. The third-order valence-electron chi connectivity index (χ3n) is 6.28. The van der Waals surface area contributed by atoms with Crippen molar-refractivity contribution in [2.24, 2.45) is 11.8 Å². The molecule has 0 bridgehead atoms. The summed E-state index contributed by atoms with van der Waals surface area (Å²) in [5.41, 5.74) is 4.09. The van der Waals surface area contributed by atoms with Crippen LogP contribution in [0.2, 0.25) is 18.1 Å². The van der Waals surface area contributed by atoms with E-state index >= 15 is 0 Å². The SMILES string of the molecule is CC(/C=C\I)=C\[C@@H](C)[C@@H](O[Si](C)(C)C(C)(C)C)/C(C)=C/[C@@H](C)CCc1ccccc1. The number of benzene rings is 1. The van der Waals surface area contributed by atoms with Gasteiger partial charge < -0.3 is 4.43 Å². The molecule has 0 heterocycles. The van der Waals surface area contributed by atoms with E-state index in [1.54, 1.807) is 0 Å². The van der Waals surface area contributed by atoms with Crippen molar-refractivity contribution in [2.45, 2.75) is 85.5 Å². The van der Waals surface area contributed by atoms with Crippen LogP contribution < -0.4 is 0 Å². The molecule has 0 radical (unpaired) electrons. The van der Waals surface area contributed by atoms with Gasteiger partial charge in [-0.05, 0) is 66.0 Å². The average Bonchev–Trinajstić information content (AvgIpc) is 2.64. The minimum atomic E-state index is -1.87.